The lowest BCUT2D eigenvalue weighted by atomic mass is 9.78. The SMILES string of the molecule is COC(=O)COc1ccc(NC2CCCC(C)C2C)cc1. The number of anilines is 1. The van der Waals surface area contributed by atoms with Crippen LogP contribution in [0.5, 0.6) is 5.75 Å². The van der Waals surface area contributed by atoms with E-state index in [1.807, 2.05) is 24.3 Å². The molecule has 0 saturated heterocycles. The second-order valence-corrected chi connectivity index (χ2v) is 5.91. The summed E-state index contributed by atoms with van der Waals surface area (Å²) in [5, 5.41) is 3.62. The third-order valence-electron chi connectivity index (χ3n) is 4.50. The molecular weight excluding hydrogens is 266 g/mol. The first-order valence-electron chi connectivity index (χ1n) is 7.66. The molecule has 1 aliphatic rings. The number of carbonyl (C=O) groups is 1. The molecule has 1 aromatic rings. The van der Waals surface area contributed by atoms with Crippen LogP contribution < -0.4 is 10.1 Å². The van der Waals surface area contributed by atoms with Crippen LogP contribution in [0.1, 0.15) is 33.1 Å². The lowest BCUT2D eigenvalue weighted by Crippen LogP contribution is -2.34. The average molecular weight is 291 g/mol. The number of carbonyl (C=O) groups excluding carboxylic acids is 1. The van der Waals surface area contributed by atoms with Gasteiger partial charge in [-0.05, 0) is 42.5 Å². The first-order valence-corrected chi connectivity index (χ1v) is 7.66. The predicted molar refractivity (Wildman–Crippen MR) is 83.5 cm³/mol. The van der Waals surface area contributed by atoms with Gasteiger partial charge in [0, 0.05) is 11.7 Å². The summed E-state index contributed by atoms with van der Waals surface area (Å²) in [6.07, 6.45) is 3.86. The molecule has 1 fully saturated rings. The highest BCUT2D eigenvalue weighted by atomic mass is 16.6. The minimum atomic E-state index is -0.373. The van der Waals surface area contributed by atoms with Crippen molar-refractivity contribution in [1.29, 1.82) is 0 Å². The molecule has 0 heterocycles. The van der Waals surface area contributed by atoms with Crippen LogP contribution in [0.25, 0.3) is 0 Å². The van der Waals surface area contributed by atoms with Gasteiger partial charge in [-0.25, -0.2) is 4.79 Å². The Balaban J connectivity index is 1.88. The van der Waals surface area contributed by atoms with E-state index in [1.54, 1.807) is 0 Å². The minimum Gasteiger partial charge on any atom is -0.482 e. The number of hydrogen-bond donors (Lipinski definition) is 1. The zero-order chi connectivity index (χ0) is 15.2. The monoisotopic (exact) mass is 291 g/mol. The van der Waals surface area contributed by atoms with E-state index in [0.29, 0.717) is 17.7 Å². The van der Waals surface area contributed by atoms with Gasteiger partial charge < -0.3 is 14.8 Å². The summed E-state index contributed by atoms with van der Waals surface area (Å²) < 4.78 is 9.88. The average Bonchev–Trinajstić information content (AvgIpc) is 2.51. The number of ether oxygens (including phenoxy) is 2. The van der Waals surface area contributed by atoms with E-state index in [0.717, 1.165) is 11.6 Å². The van der Waals surface area contributed by atoms with E-state index >= 15 is 0 Å². The maximum absolute atomic E-state index is 11.0. The number of hydrogen-bond acceptors (Lipinski definition) is 4. The van der Waals surface area contributed by atoms with Crippen molar-refractivity contribution in [3.8, 4) is 5.75 Å². The molecule has 3 unspecified atom stereocenters. The van der Waals surface area contributed by atoms with E-state index in [9.17, 15) is 4.79 Å². The summed E-state index contributed by atoms with van der Waals surface area (Å²) in [6.45, 7) is 4.61. The molecule has 1 aliphatic carbocycles. The van der Waals surface area contributed by atoms with Crippen LogP contribution in [0.2, 0.25) is 0 Å². The summed E-state index contributed by atoms with van der Waals surface area (Å²) in [5.41, 5.74) is 1.10. The second-order valence-electron chi connectivity index (χ2n) is 5.91. The number of esters is 1. The summed E-state index contributed by atoms with van der Waals surface area (Å²) in [6, 6.07) is 8.29. The molecule has 3 atom stereocenters. The normalized spacial score (nSPS) is 25.2. The molecule has 0 aromatic heterocycles. The van der Waals surface area contributed by atoms with Gasteiger partial charge in [0.15, 0.2) is 6.61 Å². The minimum absolute atomic E-state index is 0.0551. The Bertz CT molecular complexity index is 458. The topological polar surface area (TPSA) is 47.6 Å². The first-order chi connectivity index (χ1) is 10.1. The second kappa shape index (κ2) is 7.34. The molecule has 21 heavy (non-hydrogen) atoms. The molecule has 0 bridgehead atoms. The van der Waals surface area contributed by atoms with Gasteiger partial charge in [0.2, 0.25) is 0 Å². The fourth-order valence-corrected chi connectivity index (χ4v) is 2.85. The number of nitrogens with one attached hydrogen (secondary N) is 1. The maximum Gasteiger partial charge on any atom is 0.343 e. The first kappa shape index (κ1) is 15.7. The number of benzene rings is 1. The van der Waals surface area contributed by atoms with Crippen molar-refractivity contribution in [2.24, 2.45) is 11.8 Å². The van der Waals surface area contributed by atoms with Gasteiger partial charge in [-0.15, -0.1) is 0 Å². The van der Waals surface area contributed by atoms with Crippen molar-refractivity contribution in [2.75, 3.05) is 19.0 Å². The van der Waals surface area contributed by atoms with Crippen LogP contribution in [0.15, 0.2) is 24.3 Å². The fourth-order valence-electron chi connectivity index (χ4n) is 2.85. The van der Waals surface area contributed by atoms with Gasteiger partial charge in [0.1, 0.15) is 5.75 Å². The largest absolute Gasteiger partial charge is 0.482 e. The molecule has 0 amide bonds. The lowest BCUT2D eigenvalue weighted by Gasteiger charge is -2.35. The van der Waals surface area contributed by atoms with Crippen LogP contribution in [0.4, 0.5) is 5.69 Å². The highest BCUT2D eigenvalue weighted by molar-refractivity contribution is 5.70. The number of rotatable bonds is 5. The smallest absolute Gasteiger partial charge is 0.343 e. The lowest BCUT2D eigenvalue weighted by molar-refractivity contribution is -0.142. The zero-order valence-electron chi connectivity index (χ0n) is 13.1. The van der Waals surface area contributed by atoms with Crippen molar-refractivity contribution in [2.45, 2.75) is 39.2 Å². The van der Waals surface area contributed by atoms with Gasteiger partial charge >= 0.3 is 5.97 Å². The maximum atomic E-state index is 11.0. The molecule has 4 heteroatoms. The molecule has 1 saturated carbocycles. The summed E-state index contributed by atoms with van der Waals surface area (Å²) in [5.74, 6) is 1.77. The Hall–Kier alpha value is -1.71. The van der Waals surface area contributed by atoms with Gasteiger partial charge in [-0.1, -0.05) is 26.7 Å². The van der Waals surface area contributed by atoms with E-state index in [4.69, 9.17) is 4.74 Å². The molecule has 2 rings (SSSR count). The Kier molecular flexibility index (Phi) is 5.48. The van der Waals surface area contributed by atoms with Gasteiger partial charge in [0.05, 0.1) is 7.11 Å². The highest BCUT2D eigenvalue weighted by Gasteiger charge is 2.26. The van der Waals surface area contributed by atoms with Crippen molar-refractivity contribution in [3.63, 3.8) is 0 Å². The van der Waals surface area contributed by atoms with E-state index in [2.05, 4.69) is 23.9 Å². The molecule has 116 valence electrons. The molecule has 0 spiro atoms. The van der Waals surface area contributed by atoms with Crippen molar-refractivity contribution < 1.29 is 14.3 Å². The molecule has 4 nitrogen and oxygen atoms in total. The Morgan fingerprint density at radius 2 is 1.95 bits per heavy atom. The summed E-state index contributed by atoms with van der Waals surface area (Å²) >= 11 is 0. The molecule has 0 radical (unpaired) electrons. The van der Waals surface area contributed by atoms with Crippen LogP contribution in [0.3, 0.4) is 0 Å². The van der Waals surface area contributed by atoms with E-state index in [1.165, 1.54) is 26.4 Å². The Morgan fingerprint density at radius 3 is 2.62 bits per heavy atom. The quantitative estimate of drug-likeness (QED) is 0.844. The zero-order valence-corrected chi connectivity index (χ0v) is 13.1. The molecule has 0 aliphatic heterocycles. The molecule has 1 aromatic carbocycles. The van der Waals surface area contributed by atoms with Crippen LogP contribution >= 0.6 is 0 Å². The third kappa shape index (κ3) is 4.38. The van der Waals surface area contributed by atoms with Crippen molar-refractivity contribution in [3.05, 3.63) is 24.3 Å². The summed E-state index contributed by atoms with van der Waals surface area (Å²) in [7, 11) is 1.35. The van der Waals surface area contributed by atoms with Gasteiger partial charge in [-0.2, -0.15) is 0 Å². The third-order valence-corrected chi connectivity index (χ3v) is 4.50. The van der Waals surface area contributed by atoms with E-state index < -0.39 is 0 Å². The Labute approximate surface area is 126 Å². The molecular formula is C17H25NO3. The standard InChI is InChI=1S/C17H25NO3/c1-12-5-4-6-16(13(12)2)18-14-7-9-15(10-8-14)21-11-17(19)20-3/h7-10,12-13,16,18H,4-6,11H2,1-3H3. The number of methoxy groups -OCH3 is 1. The summed E-state index contributed by atoms with van der Waals surface area (Å²) in [4.78, 5) is 11.0. The van der Waals surface area contributed by atoms with E-state index in [-0.39, 0.29) is 12.6 Å². The Morgan fingerprint density at radius 1 is 1.24 bits per heavy atom. The van der Waals surface area contributed by atoms with Crippen LogP contribution in [-0.4, -0.2) is 25.7 Å². The highest BCUT2D eigenvalue weighted by Crippen LogP contribution is 2.31. The van der Waals surface area contributed by atoms with Gasteiger partial charge in [-0.3, -0.25) is 0 Å². The predicted octanol–water partition coefficient (Wildman–Crippen LogP) is 3.48. The molecule has 1 N–H and O–H groups in total. The van der Waals surface area contributed by atoms with Gasteiger partial charge in [0.25, 0.3) is 0 Å². The van der Waals surface area contributed by atoms with Crippen LogP contribution in [0, 0.1) is 11.8 Å². The van der Waals surface area contributed by atoms with Crippen LogP contribution in [-0.2, 0) is 9.53 Å². The van der Waals surface area contributed by atoms with Crippen molar-refractivity contribution in [1.82, 2.24) is 0 Å². The fraction of sp³-hybridized carbons (Fsp3) is 0.588. The van der Waals surface area contributed by atoms with Crippen molar-refractivity contribution >= 4 is 11.7 Å².